The number of hydrogen-bond acceptors (Lipinski definition) is 4. The Balaban J connectivity index is 3.49. The van der Waals surface area contributed by atoms with Crippen molar-refractivity contribution in [1.29, 1.82) is 0 Å². The third-order valence-corrected chi connectivity index (χ3v) is 2.68. The lowest BCUT2D eigenvalue weighted by Gasteiger charge is -2.21. The highest BCUT2D eigenvalue weighted by atomic mass is 32.2. The molecule has 0 aromatic heterocycles. The van der Waals surface area contributed by atoms with Gasteiger partial charge in [-0.25, -0.2) is 0 Å². The van der Waals surface area contributed by atoms with Gasteiger partial charge in [-0.3, -0.25) is 4.18 Å². The molecule has 0 amide bonds. The molecule has 0 rings (SSSR count). The smallest absolute Gasteiger partial charge is 0.155 e. The zero-order valence-electron chi connectivity index (χ0n) is 10.1. The highest BCUT2D eigenvalue weighted by Crippen LogP contribution is 2.02. The van der Waals surface area contributed by atoms with Crippen molar-refractivity contribution < 1.29 is 8.74 Å². The molecule has 0 radical (unpaired) electrons. The molecule has 0 aliphatic rings. The summed E-state index contributed by atoms with van der Waals surface area (Å²) in [5.41, 5.74) is 0. The Morgan fingerprint density at radius 3 is 2.00 bits per heavy atom. The molecule has 0 unspecified atom stereocenters. The molecule has 1 N–H and O–H groups in total. The molecule has 0 spiro atoms. The molecule has 0 aromatic rings. The topological polar surface area (TPSA) is 32.7 Å². The minimum atomic E-state index is 0.470. The molecule has 0 fully saturated rings. The lowest BCUT2D eigenvalue weighted by atomic mass is 10.2. The Morgan fingerprint density at radius 1 is 1.00 bits per heavy atom. The van der Waals surface area contributed by atoms with Crippen LogP contribution in [0.4, 0.5) is 0 Å². The minimum absolute atomic E-state index is 0.470. The summed E-state index contributed by atoms with van der Waals surface area (Å²) in [5.74, 6) is 0. The van der Waals surface area contributed by atoms with Gasteiger partial charge in [-0.05, 0) is 32.4 Å². The van der Waals surface area contributed by atoms with Crippen LogP contribution in [0.2, 0.25) is 0 Å². The van der Waals surface area contributed by atoms with Gasteiger partial charge in [0.05, 0.1) is 6.61 Å². The highest BCUT2D eigenvalue weighted by molar-refractivity contribution is 7.88. The van der Waals surface area contributed by atoms with E-state index in [4.69, 9.17) is 8.74 Å². The molecule has 0 heterocycles. The molecule has 0 atom stereocenters. The summed E-state index contributed by atoms with van der Waals surface area (Å²) in [5, 5.41) is 0. The second-order valence-corrected chi connectivity index (χ2v) is 4.18. The van der Waals surface area contributed by atoms with Crippen molar-refractivity contribution >= 4 is 12.3 Å². The predicted octanol–water partition coefficient (Wildman–Crippen LogP) is 3.42. The van der Waals surface area contributed by atoms with Crippen molar-refractivity contribution in [2.24, 2.45) is 0 Å². The van der Waals surface area contributed by atoms with Gasteiger partial charge in [-0.15, -0.1) is 0 Å². The Bertz CT molecular complexity index is 117. The fraction of sp³-hybridized carbons (Fsp3) is 1.00. The molecular formula is C11H25NO2S. The molecule has 0 aliphatic heterocycles. The van der Waals surface area contributed by atoms with E-state index in [9.17, 15) is 0 Å². The normalized spacial score (nSPS) is 11.2. The van der Waals surface area contributed by atoms with Gasteiger partial charge >= 0.3 is 0 Å². The summed E-state index contributed by atoms with van der Waals surface area (Å²) in [6, 6.07) is 0. The third-order valence-electron chi connectivity index (χ3n) is 2.41. The molecule has 0 saturated carbocycles. The second kappa shape index (κ2) is 12.3. The van der Waals surface area contributed by atoms with E-state index in [-0.39, 0.29) is 0 Å². The second-order valence-electron chi connectivity index (χ2n) is 3.80. The van der Waals surface area contributed by atoms with Crippen LogP contribution in [-0.4, -0.2) is 35.7 Å². The van der Waals surface area contributed by atoms with Gasteiger partial charge < -0.3 is 9.45 Å². The van der Waals surface area contributed by atoms with Crippen LogP contribution in [0.25, 0.3) is 0 Å². The van der Waals surface area contributed by atoms with Crippen LogP contribution < -0.4 is 0 Å². The lowest BCUT2D eigenvalue weighted by molar-refractivity contribution is 0.236. The quantitative estimate of drug-likeness (QED) is 0.439. The molecule has 92 valence electrons. The molecule has 0 aromatic carbocycles. The Kier molecular flexibility index (Phi) is 12.5. The third kappa shape index (κ3) is 10.5. The lowest BCUT2D eigenvalue weighted by Crippen LogP contribution is -2.27. The first-order valence-electron chi connectivity index (χ1n) is 6.00. The minimum Gasteiger partial charge on any atom is -0.307 e. The van der Waals surface area contributed by atoms with Crippen molar-refractivity contribution in [3.8, 4) is 0 Å². The van der Waals surface area contributed by atoms with Gasteiger partial charge in [0.2, 0.25) is 0 Å². The van der Waals surface area contributed by atoms with E-state index < -0.39 is 0 Å². The van der Waals surface area contributed by atoms with Crippen LogP contribution in [-0.2, 0) is 4.18 Å². The van der Waals surface area contributed by atoms with Gasteiger partial charge in [0.15, 0.2) is 12.3 Å². The van der Waals surface area contributed by atoms with E-state index in [0.717, 1.165) is 13.0 Å². The van der Waals surface area contributed by atoms with Gasteiger partial charge in [-0.2, -0.15) is 0 Å². The summed E-state index contributed by atoms with van der Waals surface area (Å²) in [7, 11) is 0. The van der Waals surface area contributed by atoms with Gasteiger partial charge in [-0.1, -0.05) is 26.7 Å². The summed E-state index contributed by atoms with van der Waals surface area (Å²) < 4.78 is 13.2. The van der Waals surface area contributed by atoms with Gasteiger partial charge in [0.1, 0.15) is 0 Å². The fourth-order valence-corrected chi connectivity index (χ4v) is 1.68. The van der Waals surface area contributed by atoms with Crippen LogP contribution in [0.5, 0.6) is 0 Å². The maximum Gasteiger partial charge on any atom is 0.155 e. The number of hydrogen-bond donors (Lipinski definition) is 1. The average Bonchev–Trinajstić information content (AvgIpc) is 2.27. The van der Waals surface area contributed by atoms with E-state index in [2.05, 4.69) is 18.7 Å². The average molecular weight is 235 g/mol. The first-order chi connectivity index (χ1) is 7.35. The molecule has 0 aliphatic carbocycles. The monoisotopic (exact) mass is 235 g/mol. The van der Waals surface area contributed by atoms with Crippen LogP contribution in [0.1, 0.15) is 46.0 Å². The predicted molar refractivity (Wildman–Crippen MR) is 67.0 cm³/mol. The summed E-state index contributed by atoms with van der Waals surface area (Å²) in [6.07, 6.45) is 6.07. The summed E-state index contributed by atoms with van der Waals surface area (Å²) in [6.45, 7) is 8.56. The molecule has 0 bridgehead atoms. The number of nitrogens with zero attached hydrogens (tertiary/aromatic N) is 1. The maximum absolute atomic E-state index is 8.40. The largest absolute Gasteiger partial charge is 0.307 e. The standard InChI is InChI=1S/C11H25NO2S/c1-3-5-8-12(9-6-4-2)10-7-11-14-15-13/h13H,3-11H2,1-2H3. The van der Waals surface area contributed by atoms with E-state index in [1.165, 1.54) is 38.8 Å². The van der Waals surface area contributed by atoms with Crippen LogP contribution in [0, 0.1) is 0 Å². The Morgan fingerprint density at radius 2 is 1.53 bits per heavy atom. The van der Waals surface area contributed by atoms with Crippen molar-refractivity contribution in [3.05, 3.63) is 0 Å². The molecular weight excluding hydrogens is 210 g/mol. The summed E-state index contributed by atoms with van der Waals surface area (Å²) >= 11 is 0.470. The van der Waals surface area contributed by atoms with E-state index in [1.807, 2.05) is 0 Å². The SMILES string of the molecule is CCCCN(CCCC)CCCOSO. The molecule has 4 heteroatoms. The van der Waals surface area contributed by atoms with Crippen LogP contribution in [0.15, 0.2) is 0 Å². The van der Waals surface area contributed by atoms with Crippen molar-refractivity contribution in [1.82, 2.24) is 4.90 Å². The first-order valence-corrected chi connectivity index (χ1v) is 6.70. The maximum atomic E-state index is 8.40. The van der Waals surface area contributed by atoms with Crippen molar-refractivity contribution in [2.45, 2.75) is 46.0 Å². The van der Waals surface area contributed by atoms with E-state index in [0.29, 0.717) is 18.9 Å². The molecule has 15 heavy (non-hydrogen) atoms. The molecule has 3 nitrogen and oxygen atoms in total. The highest BCUT2D eigenvalue weighted by Gasteiger charge is 2.03. The van der Waals surface area contributed by atoms with Crippen LogP contribution >= 0.6 is 12.3 Å². The number of unbranched alkanes of at least 4 members (excludes halogenated alkanes) is 2. The van der Waals surface area contributed by atoms with Crippen molar-refractivity contribution in [3.63, 3.8) is 0 Å². The zero-order chi connectivity index (χ0) is 11.4. The zero-order valence-corrected chi connectivity index (χ0v) is 10.9. The molecule has 0 saturated heterocycles. The number of rotatable bonds is 11. The van der Waals surface area contributed by atoms with E-state index >= 15 is 0 Å². The Labute approximate surface area is 98.6 Å². The van der Waals surface area contributed by atoms with Gasteiger partial charge in [0, 0.05) is 6.54 Å². The summed E-state index contributed by atoms with van der Waals surface area (Å²) in [4.78, 5) is 2.50. The van der Waals surface area contributed by atoms with Crippen LogP contribution in [0.3, 0.4) is 0 Å². The van der Waals surface area contributed by atoms with E-state index in [1.54, 1.807) is 0 Å². The van der Waals surface area contributed by atoms with Crippen molar-refractivity contribution in [2.75, 3.05) is 26.2 Å². The fourth-order valence-electron chi connectivity index (χ4n) is 1.48. The first kappa shape index (κ1) is 15.2. The van der Waals surface area contributed by atoms with Gasteiger partial charge in [0.25, 0.3) is 0 Å². The Hall–Kier alpha value is 0.230.